The summed E-state index contributed by atoms with van der Waals surface area (Å²) in [6.07, 6.45) is 4.66. The second kappa shape index (κ2) is 11.5. The SMILES string of the molecule is COc1ccc(/C=C2\SC(=S)N(CCCCCC(=O)NNc3ccccc3)C2=O)cc1. The number of para-hydroxylation sites is 1. The van der Waals surface area contributed by atoms with Crippen molar-refractivity contribution in [1.82, 2.24) is 10.3 Å². The monoisotopic (exact) mass is 455 g/mol. The topological polar surface area (TPSA) is 70.7 Å². The van der Waals surface area contributed by atoms with Crippen LogP contribution in [0.25, 0.3) is 6.08 Å². The quantitative estimate of drug-likeness (QED) is 0.236. The zero-order valence-electron chi connectivity index (χ0n) is 17.3. The Balaban J connectivity index is 1.38. The Labute approximate surface area is 192 Å². The number of methoxy groups -OCH3 is 1. The summed E-state index contributed by atoms with van der Waals surface area (Å²) >= 11 is 6.71. The molecule has 0 aliphatic carbocycles. The van der Waals surface area contributed by atoms with Gasteiger partial charge < -0.3 is 4.74 Å². The summed E-state index contributed by atoms with van der Waals surface area (Å²) < 4.78 is 5.74. The molecule has 6 nitrogen and oxygen atoms in total. The summed E-state index contributed by atoms with van der Waals surface area (Å²) in [5.74, 6) is 0.654. The van der Waals surface area contributed by atoms with Crippen LogP contribution in [-0.4, -0.2) is 34.7 Å². The Bertz CT molecular complexity index is 946. The maximum atomic E-state index is 12.7. The second-order valence-electron chi connectivity index (χ2n) is 6.96. The van der Waals surface area contributed by atoms with Gasteiger partial charge in [-0.3, -0.25) is 25.3 Å². The van der Waals surface area contributed by atoms with Gasteiger partial charge in [0, 0.05) is 13.0 Å². The van der Waals surface area contributed by atoms with Crippen LogP contribution in [0, 0.1) is 0 Å². The average Bonchev–Trinajstić information content (AvgIpc) is 3.06. The van der Waals surface area contributed by atoms with E-state index < -0.39 is 0 Å². The molecule has 0 spiro atoms. The molecule has 31 heavy (non-hydrogen) atoms. The zero-order valence-corrected chi connectivity index (χ0v) is 18.9. The van der Waals surface area contributed by atoms with Crippen LogP contribution < -0.4 is 15.6 Å². The van der Waals surface area contributed by atoms with Crippen molar-refractivity contribution in [2.75, 3.05) is 19.1 Å². The number of unbranched alkanes of at least 4 members (excludes halogenated alkanes) is 2. The molecule has 1 heterocycles. The number of hydrogen-bond acceptors (Lipinski definition) is 6. The molecular weight excluding hydrogens is 430 g/mol. The minimum atomic E-state index is -0.0596. The van der Waals surface area contributed by atoms with Crippen LogP contribution in [0.15, 0.2) is 59.5 Å². The fourth-order valence-electron chi connectivity index (χ4n) is 3.00. The Morgan fingerprint density at radius 3 is 2.55 bits per heavy atom. The van der Waals surface area contributed by atoms with E-state index in [0.717, 1.165) is 36.3 Å². The third-order valence-corrected chi connectivity index (χ3v) is 6.07. The van der Waals surface area contributed by atoms with Crippen LogP contribution in [0.4, 0.5) is 5.69 Å². The van der Waals surface area contributed by atoms with Crippen molar-refractivity contribution >= 4 is 51.9 Å². The highest BCUT2D eigenvalue weighted by atomic mass is 32.2. The number of anilines is 1. The first kappa shape index (κ1) is 22.8. The van der Waals surface area contributed by atoms with Crippen molar-refractivity contribution < 1.29 is 14.3 Å². The lowest BCUT2D eigenvalue weighted by Gasteiger charge is -2.14. The van der Waals surface area contributed by atoms with Crippen LogP contribution in [-0.2, 0) is 9.59 Å². The number of thiocarbonyl (C=S) groups is 1. The molecule has 1 aliphatic heterocycles. The van der Waals surface area contributed by atoms with E-state index in [9.17, 15) is 9.59 Å². The van der Waals surface area contributed by atoms with Gasteiger partial charge in [0.1, 0.15) is 10.1 Å². The lowest BCUT2D eigenvalue weighted by atomic mass is 10.1. The first-order valence-electron chi connectivity index (χ1n) is 10.1. The van der Waals surface area contributed by atoms with E-state index in [1.54, 1.807) is 12.0 Å². The number of carbonyl (C=O) groups is 2. The van der Waals surface area contributed by atoms with Crippen LogP contribution in [0.3, 0.4) is 0 Å². The normalized spacial score (nSPS) is 14.7. The highest BCUT2D eigenvalue weighted by Crippen LogP contribution is 2.33. The standard InChI is InChI=1S/C23H25N3O3S2/c1-29-19-13-11-17(12-14-19)16-20-22(28)26(23(30)31-20)15-7-3-6-10-21(27)25-24-18-8-4-2-5-9-18/h2,4-5,8-9,11-14,16,24H,3,6-7,10,15H2,1H3,(H,25,27)/b20-16-. The van der Waals surface area contributed by atoms with Gasteiger partial charge >= 0.3 is 0 Å². The molecule has 162 valence electrons. The van der Waals surface area contributed by atoms with Gasteiger partial charge in [0.25, 0.3) is 5.91 Å². The van der Waals surface area contributed by atoms with Crippen LogP contribution in [0.1, 0.15) is 31.2 Å². The minimum absolute atomic E-state index is 0.0584. The lowest BCUT2D eigenvalue weighted by Crippen LogP contribution is -2.29. The second-order valence-corrected chi connectivity index (χ2v) is 8.63. The smallest absolute Gasteiger partial charge is 0.266 e. The Morgan fingerprint density at radius 2 is 1.84 bits per heavy atom. The molecule has 1 saturated heterocycles. The van der Waals surface area contributed by atoms with Crippen LogP contribution >= 0.6 is 24.0 Å². The number of thioether (sulfide) groups is 1. The predicted octanol–water partition coefficient (Wildman–Crippen LogP) is 4.60. The molecule has 3 rings (SSSR count). The van der Waals surface area contributed by atoms with Gasteiger partial charge in [-0.05, 0) is 48.7 Å². The van der Waals surface area contributed by atoms with E-state index in [4.69, 9.17) is 17.0 Å². The van der Waals surface area contributed by atoms with E-state index in [2.05, 4.69) is 10.9 Å². The molecular formula is C23H25N3O3S2. The molecule has 0 aromatic heterocycles. The van der Waals surface area contributed by atoms with Crippen LogP contribution in [0.2, 0.25) is 0 Å². The molecule has 0 bridgehead atoms. The molecule has 0 atom stereocenters. The van der Waals surface area contributed by atoms with Gasteiger partial charge in [-0.2, -0.15) is 0 Å². The number of rotatable bonds is 10. The number of benzene rings is 2. The predicted molar refractivity (Wildman–Crippen MR) is 130 cm³/mol. The van der Waals surface area contributed by atoms with Crippen LogP contribution in [0.5, 0.6) is 5.75 Å². The van der Waals surface area contributed by atoms with Gasteiger partial charge in [-0.1, -0.05) is 60.7 Å². The van der Waals surface area contributed by atoms with E-state index in [-0.39, 0.29) is 11.8 Å². The minimum Gasteiger partial charge on any atom is -0.497 e. The molecule has 1 fully saturated rings. The van der Waals surface area contributed by atoms with Crippen molar-refractivity contribution in [2.45, 2.75) is 25.7 Å². The average molecular weight is 456 g/mol. The van der Waals surface area contributed by atoms with E-state index >= 15 is 0 Å². The summed E-state index contributed by atoms with van der Waals surface area (Å²) in [5.41, 5.74) is 7.34. The largest absolute Gasteiger partial charge is 0.497 e. The number of ether oxygens (including phenoxy) is 1. The molecule has 2 aromatic carbocycles. The highest BCUT2D eigenvalue weighted by molar-refractivity contribution is 8.26. The molecule has 8 heteroatoms. The fourth-order valence-corrected chi connectivity index (χ4v) is 4.31. The highest BCUT2D eigenvalue weighted by Gasteiger charge is 2.31. The number of nitrogens with one attached hydrogen (secondary N) is 2. The zero-order chi connectivity index (χ0) is 22.1. The van der Waals surface area contributed by atoms with Crippen molar-refractivity contribution in [2.24, 2.45) is 0 Å². The molecule has 1 aliphatic rings. The molecule has 2 N–H and O–H groups in total. The number of hydrogen-bond donors (Lipinski definition) is 2. The van der Waals surface area contributed by atoms with E-state index in [1.165, 1.54) is 11.8 Å². The number of hydrazine groups is 1. The van der Waals surface area contributed by atoms with Gasteiger partial charge in [0.2, 0.25) is 5.91 Å². The molecule has 0 radical (unpaired) electrons. The Kier molecular flexibility index (Phi) is 8.49. The first-order chi connectivity index (χ1) is 15.1. The number of carbonyl (C=O) groups excluding carboxylic acids is 2. The number of nitrogens with zero attached hydrogens (tertiary/aromatic N) is 1. The Hall–Kier alpha value is -2.84. The number of amides is 2. The van der Waals surface area contributed by atoms with Crippen molar-refractivity contribution in [1.29, 1.82) is 0 Å². The first-order valence-corrected chi connectivity index (χ1v) is 11.3. The summed E-state index contributed by atoms with van der Waals surface area (Å²) in [5, 5.41) is 0. The molecule has 2 aromatic rings. The van der Waals surface area contributed by atoms with Gasteiger partial charge in [-0.25, -0.2) is 0 Å². The maximum Gasteiger partial charge on any atom is 0.266 e. The molecule has 0 unspecified atom stereocenters. The van der Waals surface area contributed by atoms with Crippen molar-refractivity contribution in [3.8, 4) is 5.75 Å². The van der Waals surface area contributed by atoms with Gasteiger partial charge in [0.15, 0.2) is 0 Å². The van der Waals surface area contributed by atoms with Gasteiger partial charge in [0.05, 0.1) is 17.7 Å². The third-order valence-electron chi connectivity index (χ3n) is 4.69. The van der Waals surface area contributed by atoms with Crippen molar-refractivity contribution in [3.63, 3.8) is 0 Å². The fraction of sp³-hybridized carbons (Fsp3) is 0.261. The van der Waals surface area contributed by atoms with Crippen molar-refractivity contribution in [3.05, 3.63) is 65.1 Å². The Morgan fingerprint density at radius 1 is 1.10 bits per heavy atom. The maximum absolute atomic E-state index is 12.7. The molecule has 2 amide bonds. The summed E-state index contributed by atoms with van der Waals surface area (Å²) in [6, 6.07) is 17.0. The van der Waals surface area contributed by atoms with E-state index in [0.29, 0.717) is 22.2 Å². The third kappa shape index (κ3) is 6.83. The summed E-state index contributed by atoms with van der Waals surface area (Å²) in [7, 11) is 1.62. The van der Waals surface area contributed by atoms with Gasteiger partial charge in [-0.15, -0.1) is 0 Å². The molecule has 0 saturated carbocycles. The summed E-state index contributed by atoms with van der Waals surface area (Å²) in [4.78, 5) is 26.9. The summed E-state index contributed by atoms with van der Waals surface area (Å²) in [6.45, 7) is 0.564. The van der Waals surface area contributed by atoms with E-state index in [1.807, 2.05) is 60.7 Å². The lowest BCUT2D eigenvalue weighted by molar-refractivity contribution is -0.122.